The van der Waals surface area contributed by atoms with E-state index in [4.69, 9.17) is 4.74 Å². The Morgan fingerprint density at radius 3 is 2.21 bits per heavy atom. The molecular formula is C23H25N2O3+. The quantitative estimate of drug-likeness (QED) is 0.815. The Bertz CT molecular complexity index is 950. The van der Waals surface area contributed by atoms with Crippen LogP contribution in [0.3, 0.4) is 0 Å². The molecule has 5 nitrogen and oxygen atoms in total. The molecule has 0 bridgehead atoms. The van der Waals surface area contributed by atoms with Gasteiger partial charge in [-0.05, 0) is 47.6 Å². The molecular weight excluding hydrogens is 352 g/mol. The highest BCUT2D eigenvalue weighted by atomic mass is 16.5. The first kappa shape index (κ1) is 19.4. The van der Waals surface area contributed by atoms with Gasteiger partial charge in [0.2, 0.25) is 0 Å². The van der Waals surface area contributed by atoms with Crippen molar-refractivity contribution in [2.75, 3.05) is 33.1 Å². The number of benzene rings is 1. The molecule has 1 aromatic carbocycles. The summed E-state index contributed by atoms with van der Waals surface area (Å²) in [6, 6.07) is 8.16. The minimum atomic E-state index is -0.919. The maximum absolute atomic E-state index is 11.2. The molecule has 1 N–H and O–H groups in total. The maximum Gasteiger partial charge on any atom is 0.311 e. The Labute approximate surface area is 165 Å². The first-order chi connectivity index (χ1) is 13.3. The summed E-state index contributed by atoms with van der Waals surface area (Å²) >= 11 is 0. The number of ether oxygens (including phenoxy) is 1. The fourth-order valence-corrected chi connectivity index (χ4v) is 2.98. The van der Waals surface area contributed by atoms with Gasteiger partial charge >= 0.3 is 5.97 Å². The van der Waals surface area contributed by atoms with Gasteiger partial charge in [0.1, 0.15) is 32.0 Å². The van der Waals surface area contributed by atoms with Crippen LogP contribution in [0.5, 0.6) is 0 Å². The fraction of sp³-hybridized carbons (Fsp3) is 0.217. The number of hydrogen-bond acceptors (Lipinski definition) is 3. The number of carboxylic acid groups (broad SMARTS) is 1. The second-order valence-corrected chi connectivity index (χ2v) is 7.13. The molecule has 1 aliphatic heterocycles. The van der Waals surface area contributed by atoms with Crippen molar-refractivity contribution in [2.24, 2.45) is 0 Å². The topological polar surface area (TPSA) is 52.8 Å². The minimum absolute atomic E-state index is 0.160. The number of carboxylic acids is 1. The van der Waals surface area contributed by atoms with E-state index in [0.717, 1.165) is 28.1 Å². The van der Waals surface area contributed by atoms with Crippen LogP contribution in [0, 0.1) is 0 Å². The molecule has 3 rings (SSSR count). The van der Waals surface area contributed by atoms with Crippen LogP contribution in [0.2, 0.25) is 0 Å². The van der Waals surface area contributed by atoms with Crippen molar-refractivity contribution < 1.29 is 19.2 Å². The van der Waals surface area contributed by atoms with Crippen LogP contribution in [0.1, 0.15) is 12.0 Å². The van der Waals surface area contributed by atoms with Crippen molar-refractivity contribution in [3.8, 4) is 0 Å². The van der Waals surface area contributed by atoms with Gasteiger partial charge < -0.3 is 14.7 Å². The number of aliphatic carboxylic acids is 1. The average molecular weight is 377 g/mol. The van der Waals surface area contributed by atoms with Crippen molar-refractivity contribution in [3.63, 3.8) is 0 Å². The van der Waals surface area contributed by atoms with Crippen LogP contribution < -0.4 is 4.90 Å². The summed E-state index contributed by atoms with van der Waals surface area (Å²) in [6.07, 6.45) is 11.6. The van der Waals surface area contributed by atoms with Gasteiger partial charge in [-0.3, -0.25) is 4.79 Å². The molecule has 28 heavy (non-hydrogen) atoms. The molecule has 0 saturated heterocycles. The number of nitrogens with zero attached hydrogens (tertiary/aromatic N) is 2. The van der Waals surface area contributed by atoms with Gasteiger partial charge in [0.05, 0.1) is 0 Å². The van der Waals surface area contributed by atoms with Crippen LogP contribution in [0.15, 0.2) is 77.8 Å². The van der Waals surface area contributed by atoms with Crippen molar-refractivity contribution in [2.45, 2.75) is 6.42 Å². The van der Waals surface area contributed by atoms with E-state index >= 15 is 0 Å². The van der Waals surface area contributed by atoms with Gasteiger partial charge in [0.25, 0.3) is 0 Å². The largest absolute Gasteiger partial charge is 0.481 e. The summed E-state index contributed by atoms with van der Waals surface area (Å²) in [7, 11) is 7.97. The third kappa shape index (κ3) is 4.49. The van der Waals surface area contributed by atoms with E-state index in [0.29, 0.717) is 11.5 Å². The summed E-state index contributed by atoms with van der Waals surface area (Å²) in [4.78, 5) is 13.3. The lowest BCUT2D eigenvalue weighted by atomic mass is 9.99. The zero-order chi connectivity index (χ0) is 20.3. The van der Waals surface area contributed by atoms with Crippen molar-refractivity contribution in [3.05, 3.63) is 83.4 Å². The van der Waals surface area contributed by atoms with Crippen LogP contribution in [-0.4, -0.2) is 49.6 Å². The molecule has 0 atom stereocenters. The third-order valence-electron chi connectivity index (χ3n) is 4.55. The van der Waals surface area contributed by atoms with Crippen molar-refractivity contribution in [1.29, 1.82) is 0 Å². The molecule has 0 fully saturated rings. The standard InChI is InChI=1S/C23H24N2O3/c1-24(2)19-9-5-16(6-10-19)18-13-21(15-23(26)27)28-22(14-18)17-7-11-20(12-8-17)25(3)4/h5-14H,15H2,1-4H3/p+1. The predicted octanol–water partition coefficient (Wildman–Crippen LogP) is 3.62. The second-order valence-electron chi connectivity index (χ2n) is 7.13. The Morgan fingerprint density at radius 1 is 1.04 bits per heavy atom. The molecule has 144 valence electrons. The zero-order valence-electron chi connectivity index (χ0n) is 16.6. The zero-order valence-corrected chi connectivity index (χ0v) is 16.6. The number of carbonyl (C=O) groups is 1. The number of hydrogen-bond donors (Lipinski definition) is 1. The summed E-state index contributed by atoms with van der Waals surface area (Å²) in [5.74, 6) is 0.155. The molecule has 1 heterocycles. The van der Waals surface area contributed by atoms with Gasteiger partial charge in [-0.1, -0.05) is 12.1 Å². The molecule has 0 amide bonds. The first-order valence-corrected chi connectivity index (χ1v) is 9.08. The first-order valence-electron chi connectivity index (χ1n) is 9.08. The third-order valence-corrected chi connectivity index (χ3v) is 4.55. The van der Waals surface area contributed by atoms with E-state index in [9.17, 15) is 9.90 Å². The highest BCUT2D eigenvalue weighted by Gasteiger charge is 2.18. The lowest BCUT2D eigenvalue weighted by Gasteiger charge is -2.20. The number of rotatable bonds is 4. The highest BCUT2D eigenvalue weighted by molar-refractivity contribution is 6.02. The fourth-order valence-electron chi connectivity index (χ4n) is 2.98. The summed E-state index contributed by atoms with van der Waals surface area (Å²) in [5, 5.41) is 9.21. The Morgan fingerprint density at radius 2 is 1.68 bits per heavy atom. The number of allylic oxidation sites excluding steroid dienone is 8. The van der Waals surface area contributed by atoms with Crippen molar-refractivity contribution >= 4 is 22.9 Å². The predicted molar refractivity (Wildman–Crippen MR) is 113 cm³/mol. The number of anilines is 1. The van der Waals surface area contributed by atoms with E-state index < -0.39 is 5.97 Å². The van der Waals surface area contributed by atoms with Crippen LogP contribution in [0.25, 0.3) is 5.57 Å². The molecule has 0 radical (unpaired) electrons. The van der Waals surface area contributed by atoms with E-state index in [-0.39, 0.29) is 6.42 Å². The second kappa shape index (κ2) is 8.13. The normalized spacial score (nSPS) is 15.8. The molecule has 0 aromatic heterocycles. The lowest BCUT2D eigenvalue weighted by molar-refractivity contribution is -0.462. The summed E-state index contributed by atoms with van der Waals surface area (Å²) in [5.41, 5.74) is 5.04. The molecule has 1 aliphatic carbocycles. The van der Waals surface area contributed by atoms with Crippen LogP contribution >= 0.6 is 0 Å². The van der Waals surface area contributed by atoms with E-state index in [1.54, 1.807) is 6.08 Å². The van der Waals surface area contributed by atoms with Gasteiger partial charge in [0, 0.05) is 37.5 Å². The monoisotopic (exact) mass is 377 g/mol. The Balaban J connectivity index is 2.01. The van der Waals surface area contributed by atoms with Crippen LogP contribution in [0.4, 0.5) is 5.69 Å². The molecule has 5 heteroatoms. The molecule has 0 saturated carbocycles. The Kier molecular flexibility index (Phi) is 5.64. The molecule has 0 spiro atoms. The van der Waals surface area contributed by atoms with Gasteiger partial charge in [-0.2, -0.15) is 0 Å². The minimum Gasteiger partial charge on any atom is -0.481 e. The molecule has 0 unspecified atom stereocenters. The average Bonchev–Trinajstić information content (AvgIpc) is 2.67. The smallest absolute Gasteiger partial charge is 0.311 e. The maximum atomic E-state index is 11.2. The summed E-state index contributed by atoms with van der Waals surface area (Å²) < 4.78 is 7.92. The van der Waals surface area contributed by atoms with Gasteiger partial charge in [-0.15, -0.1) is 0 Å². The van der Waals surface area contributed by atoms with Crippen molar-refractivity contribution in [1.82, 2.24) is 0 Å². The van der Waals surface area contributed by atoms with E-state index in [1.165, 1.54) is 0 Å². The summed E-state index contributed by atoms with van der Waals surface area (Å²) in [6.45, 7) is 0. The van der Waals surface area contributed by atoms with Gasteiger partial charge in [-0.25, -0.2) is 4.58 Å². The SMILES string of the molecule is CN(C)c1ccc(C2=CC(=C3C=CC(=[N+](C)C)C=C3)OC(CC(=O)O)=C2)cc1. The molecule has 1 aromatic rings. The van der Waals surface area contributed by atoms with E-state index in [2.05, 4.69) is 0 Å². The van der Waals surface area contributed by atoms with Crippen LogP contribution in [-0.2, 0) is 9.53 Å². The van der Waals surface area contributed by atoms with E-state index in [1.807, 2.05) is 92.3 Å². The van der Waals surface area contributed by atoms with Gasteiger partial charge in [0.15, 0.2) is 5.71 Å². The Hall–Kier alpha value is -3.34. The lowest BCUT2D eigenvalue weighted by Crippen LogP contribution is -2.11. The molecule has 2 aliphatic rings. The highest BCUT2D eigenvalue weighted by Crippen LogP contribution is 2.31.